The Kier molecular flexibility index (Phi) is 5.53. The molecule has 8 nitrogen and oxygen atoms in total. The maximum Gasteiger partial charge on any atom is 0.309 e. The first-order valence-corrected chi connectivity index (χ1v) is 12.1. The van der Waals surface area contributed by atoms with Gasteiger partial charge in [0.15, 0.2) is 5.82 Å². The maximum absolute atomic E-state index is 15.7. The molecule has 0 saturated carbocycles. The number of allylic oxidation sites excluding steroid dienone is 1. The summed E-state index contributed by atoms with van der Waals surface area (Å²) < 4.78 is 21.1. The summed E-state index contributed by atoms with van der Waals surface area (Å²) >= 11 is 6.60. The van der Waals surface area contributed by atoms with Crippen LogP contribution in [0.4, 0.5) is 10.1 Å². The largest absolute Gasteiger partial charge is 0.481 e. The van der Waals surface area contributed by atoms with Crippen molar-refractivity contribution in [3.63, 3.8) is 0 Å². The number of hydrogen-bond acceptors (Lipinski definition) is 6. The van der Waals surface area contributed by atoms with Gasteiger partial charge in [-0.15, -0.1) is 5.10 Å². The first kappa shape index (κ1) is 22.2. The molecule has 2 aromatic carbocycles. The second-order valence-corrected chi connectivity index (χ2v) is 9.46. The Morgan fingerprint density at radius 3 is 2.66 bits per heavy atom. The zero-order chi connectivity index (χ0) is 24.1. The number of hydrogen-bond donors (Lipinski definition) is 1. The fourth-order valence-electron chi connectivity index (χ4n) is 5.24. The lowest BCUT2D eigenvalue weighted by Gasteiger charge is -2.28. The topological polar surface area (TPSA) is 74.1 Å². The van der Waals surface area contributed by atoms with Crippen LogP contribution in [0.3, 0.4) is 0 Å². The Labute approximate surface area is 206 Å². The number of morpholine rings is 1. The van der Waals surface area contributed by atoms with Gasteiger partial charge in [0.2, 0.25) is 0 Å². The van der Waals surface area contributed by atoms with E-state index < -0.39 is 11.8 Å². The van der Waals surface area contributed by atoms with E-state index in [2.05, 4.69) is 14.9 Å². The van der Waals surface area contributed by atoms with Gasteiger partial charge in [-0.2, -0.15) is 4.79 Å². The fraction of sp³-hybridized carbons (Fsp3) is 0.360. The number of halogens is 2. The van der Waals surface area contributed by atoms with Crippen molar-refractivity contribution >= 4 is 34.2 Å². The van der Waals surface area contributed by atoms with E-state index in [9.17, 15) is 9.90 Å². The van der Waals surface area contributed by atoms with Crippen LogP contribution in [0.5, 0.6) is 0 Å². The Balaban J connectivity index is 1.35. The van der Waals surface area contributed by atoms with Crippen LogP contribution in [0, 0.1) is 5.82 Å². The van der Waals surface area contributed by atoms with Gasteiger partial charge in [-0.1, -0.05) is 23.7 Å². The molecule has 0 unspecified atom stereocenters. The molecule has 35 heavy (non-hydrogen) atoms. The minimum absolute atomic E-state index is 0.112. The lowest BCUT2D eigenvalue weighted by molar-refractivity contribution is -0.136. The quantitative estimate of drug-likeness (QED) is 0.570. The summed E-state index contributed by atoms with van der Waals surface area (Å²) in [6, 6.07) is 9.39. The summed E-state index contributed by atoms with van der Waals surface area (Å²) in [6.45, 7) is 4.42. The van der Waals surface area contributed by atoms with Gasteiger partial charge in [-0.05, 0) is 36.6 Å². The van der Waals surface area contributed by atoms with Crippen molar-refractivity contribution in [2.24, 2.45) is 0 Å². The molecule has 6 rings (SSSR count). The molecule has 0 spiro atoms. The molecule has 182 valence electrons. The summed E-state index contributed by atoms with van der Waals surface area (Å²) in [6.07, 6.45) is 3.40. The molecular formula is C25H25ClFN5O3. The van der Waals surface area contributed by atoms with Gasteiger partial charge >= 0.3 is 5.97 Å². The van der Waals surface area contributed by atoms with Crippen molar-refractivity contribution in [3.05, 3.63) is 58.8 Å². The van der Waals surface area contributed by atoms with Crippen LogP contribution in [0.25, 0.3) is 22.0 Å². The van der Waals surface area contributed by atoms with E-state index >= 15 is 4.39 Å². The van der Waals surface area contributed by atoms with Crippen LogP contribution < -0.4 is 9.91 Å². The van der Waals surface area contributed by atoms with Crippen LogP contribution >= 0.6 is 11.6 Å². The number of ether oxygens (including phenoxy) is 1. The zero-order valence-corrected chi connectivity index (χ0v) is 19.8. The monoisotopic (exact) mass is 497 g/mol. The third-order valence-electron chi connectivity index (χ3n) is 6.97. The molecule has 1 aromatic heterocycles. The normalized spacial score (nSPS) is 18.2. The highest BCUT2D eigenvalue weighted by molar-refractivity contribution is 6.35. The minimum atomic E-state index is -0.907. The van der Waals surface area contributed by atoms with E-state index in [1.807, 2.05) is 24.3 Å². The van der Waals surface area contributed by atoms with Gasteiger partial charge in [0.05, 0.1) is 36.6 Å². The van der Waals surface area contributed by atoms with Crippen LogP contribution in [0.2, 0.25) is 5.02 Å². The second kappa shape index (κ2) is 8.73. The highest BCUT2D eigenvalue weighted by Gasteiger charge is 2.34. The number of carbonyl (C=O) groups is 1. The number of aliphatic carboxylic acids is 1. The molecule has 0 amide bonds. The van der Waals surface area contributed by atoms with E-state index in [1.54, 1.807) is 17.3 Å². The second-order valence-electron chi connectivity index (χ2n) is 9.05. The average molecular weight is 498 g/mol. The Morgan fingerprint density at radius 2 is 1.91 bits per heavy atom. The maximum atomic E-state index is 15.7. The first-order valence-electron chi connectivity index (χ1n) is 11.8. The number of carboxylic acids is 1. The molecule has 0 atom stereocenters. The lowest BCUT2D eigenvalue weighted by Crippen LogP contribution is -2.36. The third kappa shape index (κ3) is 3.88. The molecule has 0 aliphatic carbocycles. The SMILES string of the molecule is O=C(O)CC1=C2CCCN2CN1n1cc2c(Cl)cc(-c3ccc(N4CCOCC4)cc3)c(F)c2n1. The van der Waals surface area contributed by atoms with Gasteiger partial charge in [0, 0.05) is 42.0 Å². The molecule has 3 aromatic rings. The first-order chi connectivity index (χ1) is 17.0. The van der Waals surface area contributed by atoms with Crippen molar-refractivity contribution in [2.75, 3.05) is 49.4 Å². The van der Waals surface area contributed by atoms with E-state index in [4.69, 9.17) is 16.3 Å². The summed E-state index contributed by atoms with van der Waals surface area (Å²) in [7, 11) is 0. The number of nitrogens with zero attached hydrogens (tertiary/aromatic N) is 5. The van der Waals surface area contributed by atoms with Crippen molar-refractivity contribution < 1.29 is 19.0 Å². The molecule has 2 fully saturated rings. The number of fused-ring (bicyclic) bond motifs is 2. The van der Waals surface area contributed by atoms with E-state index in [0.717, 1.165) is 43.9 Å². The van der Waals surface area contributed by atoms with E-state index in [0.29, 0.717) is 47.1 Å². The van der Waals surface area contributed by atoms with Gasteiger partial charge in [-0.25, -0.2) is 9.40 Å². The number of carboxylic acid groups (broad SMARTS) is 1. The van der Waals surface area contributed by atoms with Crippen molar-refractivity contribution in [1.82, 2.24) is 14.8 Å². The van der Waals surface area contributed by atoms with E-state index in [-0.39, 0.29) is 11.9 Å². The lowest BCUT2D eigenvalue weighted by atomic mass is 10.0. The standard InChI is InChI=1S/C25H25ClFN5O3/c26-20-12-18(16-3-5-17(6-4-16)29-8-10-35-11-9-29)24(27)25-19(20)14-32(28-25)31-15-30-7-1-2-21(30)22(31)13-23(33)34/h3-6,12,14H,1-2,7-11,13,15H2,(H,33,34). The fourth-order valence-corrected chi connectivity index (χ4v) is 5.48. The van der Waals surface area contributed by atoms with Gasteiger partial charge in [-0.3, -0.25) is 4.79 Å². The minimum Gasteiger partial charge on any atom is -0.481 e. The number of anilines is 1. The van der Waals surface area contributed by atoms with Crippen LogP contribution in [-0.2, 0) is 9.53 Å². The summed E-state index contributed by atoms with van der Waals surface area (Å²) in [5.41, 5.74) is 4.05. The number of rotatable bonds is 5. The summed E-state index contributed by atoms with van der Waals surface area (Å²) in [4.78, 5) is 17.5. The number of benzene rings is 2. The summed E-state index contributed by atoms with van der Waals surface area (Å²) in [5.74, 6) is -1.36. The smallest absolute Gasteiger partial charge is 0.309 e. The number of aromatic nitrogens is 2. The van der Waals surface area contributed by atoms with Crippen molar-refractivity contribution in [3.8, 4) is 11.1 Å². The van der Waals surface area contributed by atoms with Gasteiger partial charge < -0.3 is 19.6 Å². The van der Waals surface area contributed by atoms with Crippen LogP contribution in [-0.4, -0.2) is 65.4 Å². The van der Waals surface area contributed by atoms with Crippen molar-refractivity contribution in [2.45, 2.75) is 19.3 Å². The highest BCUT2D eigenvalue weighted by atomic mass is 35.5. The Hall–Kier alpha value is -3.30. The molecule has 0 radical (unpaired) electrons. The van der Waals surface area contributed by atoms with Gasteiger partial charge in [0.25, 0.3) is 0 Å². The molecule has 0 bridgehead atoms. The predicted octanol–water partition coefficient (Wildman–Crippen LogP) is 4.02. The summed E-state index contributed by atoms with van der Waals surface area (Å²) in [5, 5.41) is 16.7. The highest BCUT2D eigenvalue weighted by Crippen LogP contribution is 2.37. The Bertz CT molecular complexity index is 1330. The molecular weight excluding hydrogens is 473 g/mol. The van der Waals surface area contributed by atoms with E-state index in [1.165, 1.54) is 4.79 Å². The molecule has 2 saturated heterocycles. The average Bonchev–Trinajstić information content (AvgIpc) is 3.58. The molecule has 1 N–H and O–H groups in total. The molecule has 4 heterocycles. The molecule has 3 aliphatic heterocycles. The van der Waals surface area contributed by atoms with Crippen molar-refractivity contribution in [1.29, 1.82) is 0 Å². The molecule has 10 heteroatoms. The van der Waals surface area contributed by atoms with Crippen LogP contribution in [0.1, 0.15) is 19.3 Å². The third-order valence-corrected chi connectivity index (χ3v) is 7.28. The van der Waals surface area contributed by atoms with Crippen LogP contribution in [0.15, 0.2) is 47.9 Å². The zero-order valence-electron chi connectivity index (χ0n) is 19.1. The van der Waals surface area contributed by atoms with Gasteiger partial charge in [0.1, 0.15) is 12.2 Å². The predicted molar refractivity (Wildman–Crippen MR) is 131 cm³/mol. The molecule has 3 aliphatic rings. The Morgan fingerprint density at radius 1 is 1.14 bits per heavy atom.